The molecule has 16 heavy (non-hydrogen) atoms. The van der Waals surface area contributed by atoms with Gasteiger partial charge in [0.1, 0.15) is 6.07 Å². The van der Waals surface area contributed by atoms with E-state index in [1.807, 2.05) is 6.07 Å². The molecule has 0 aliphatic rings. The van der Waals surface area contributed by atoms with Crippen LogP contribution >= 0.6 is 27.5 Å². The van der Waals surface area contributed by atoms with Crippen molar-refractivity contribution in [2.24, 2.45) is 0 Å². The molecule has 0 N–H and O–H groups in total. The molecule has 0 heterocycles. The van der Waals surface area contributed by atoms with E-state index < -0.39 is 5.97 Å². The summed E-state index contributed by atoms with van der Waals surface area (Å²) in [6.07, 6.45) is 0. The van der Waals surface area contributed by atoms with Gasteiger partial charge in [-0.25, -0.2) is 4.79 Å². The molecule has 0 atom stereocenters. The molecule has 5 heteroatoms. The van der Waals surface area contributed by atoms with Gasteiger partial charge in [0.15, 0.2) is 0 Å². The number of carbonyl (C=O) groups excluding carboxylic acids is 1. The van der Waals surface area contributed by atoms with Crippen LogP contribution < -0.4 is 0 Å². The normalized spacial score (nSPS) is 9.62. The predicted octanol–water partition coefficient (Wildman–Crippen LogP) is 3.28. The van der Waals surface area contributed by atoms with Crippen LogP contribution in [0.15, 0.2) is 12.1 Å². The summed E-state index contributed by atoms with van der Waals surface area (Å²) >= 11 is 9.09. The first kappa shape index (κ1) is 13.0. The second kappa shape index (κ2) is 5.88. The van der Waals surface area contributed by atoms with Crippen molar-refractivity contribution in [2.75, 3.05) is 6.61 Å². The minimum absolute atomic E-state index is 0.236. The van der Waals surface area contributed by atoms with E-state index in [2.05, 4.69) is 15.9 Å². The lowest BCUT2D eigenvalue weighted by atomic mass is 10.0. The fraction of sp³-hybridized carbons (Fsp3) is 0.273. The Bertz CT molecular complexity index is 454. The molecule has 0 saturated heterocycles. The molecular weight excluding hydrogens is 293 g/mol. The van der Waals surface area contributed by atoms with Crippen molar-refractivity contribution in [3.05, 3.63) is 33.8 Å². The van der Waals surface area contributed by atoms with E-state index in [0.717, 1.165) is 0 Å². The van der Waals surface area contributed by atoms with Gasteiger partial charge in [0.2, 0.25) is 0 Å². The number of benzene rings is 1. The molecule has 1 aromatic rings. The summed E-state index contributed by atoms with van der Waals surface area (Å²) in [5.74, 6) is -0.495. The van der Waals surface area contributed by atoms with Gasteiger partial charge in [0.25, 0.3) is 0 Å². The molecule has 0 aromatic heterocycles. The third-order valence-corrected chi connectivity index (χ3v) is 2.75. The molecule has 1 rings (SSSR count). The Morgan fingerprint density at radius 2 is 2.31 bits per heavy atom. The van der Waals surface area contributed by atoms with Crippen LogP contribution in [0.3, 0.4) is 0 Å². The minimum Gasteiger partial charge on any atom is -0.462 e. The largest absolute Gasteiger partial charge is 0.462 e. The second-order valence-electron chi connectivity index (χ2n) is 2.95. The number of ether oxygens (including phenoxy) is 1. The van der Waals surface area contributed by atoms with E-state index in [1.54, 1.807) is 13.0 Å². The molecule has 84 valence electrons. The lowest BCUT2D eigenvalue weighted by Crippen LogP contribution is -2.10. The fourth-order valence-corrected chi connectivity index (χ4v) is 1.98. The van der Waals surface area contributed by atoms with Crippen LogP contribution in [0.4, 0.5) is 0 Å². The molecule has 0 saturated carbocycles. The lowest BCUT2D eigenvalue weighted by molar-refractivity contribution is 0.0525. The first-order chi connectivity index (χ1) is 7.63. The summed E-state index contributed by atoms with van der Waals surface area (Å²) in [4.78, 5) is 11.7. The van der Waals surface area contributed by atoms with E-state index in [9.17, 15) is 4.79 Å². The second-order valence-corrected chi connectivity index (χ2v) is 3.95. The van der Waals surface area contributed by atoms with Gasteiger partial charge in [0.05, 0.1) is 17.7 Å². The summed E-state index contributed by atoms with van der Waals surface area (Å²) < 4.78 is 4.90. The number of halogens is 2. The van der Waals surface area contributed by atoms with Gasteiger partial charge in [-0.05, 0) is 24.6 Å². The van der Waals surface area contributed by atoms with E-state index in [0.29, 0.717) is 15.9 Å². The number of hydrogen-bond donors (Lipinski definition) is 0. The van der Waals surface area contributed by atoms with Crippen molar-refractivity contribution in [2.45, 2.75) is 12.3 Å². The molecule has 0 aliphatic heterocycles. The number of hydrogen-bond acceptors (Lipinski definition) is 3. The Morgan fingerprint density at radius 3 is 2.81 bits per heavy atom. The van der Waals surface area contributed by atoms with Crippen LogP contribution in [0.25, 0.3) is 0 Å². The summed E-state index contributed by atoms with van der Waals surface area (Å²) in [6.45, 7) is 1.99. The standard InChI is InChI=1S/C11H9BrClNO2/c1-2-16-11(15)10-7(5-12)3-9(13)4-8(10)6-14/h3-4H,2,5H2,1H3. The van der Waals surface area contributed by atoms with Crippen LogP contribution in [-0.4, -0.2) is 12.6 Å². The molecule has 0 spiro atoms. The first-order valence-electron chi connectivity index (χ1n) is 4.59. The fourth-order valence-electron chi connectivity index (χ4n) is 1.30. The third-order valence-electron chi connectivity index (χ3n) is 1.93. The smallest absolute Gasteiger partial charge is 0.339 e. The van der Waals surface area contributed by atoms with Crippen molar-refractivity contribution in [1.82, 2.24) is 0 Å². The Hall–Kier alpha value is -1.05. The highest BCUT2D eigenvalue weighted by molar-refractivity contribution is 9.08. The van der Waals surface area contributed by atoms with Crippen molar-refractivity contribution in [3.63, 3.8) is 0 Å². The van der Waals surface area contributed by atoms with E-state index in [1.165, 1.54) is 6.07 Å². The van der Waals surface area contributed by atoms with Gasteiger partial charge in [0, 0.05) is 10.4 Å². The number of alkyl halides is 1. The van der Waals surface area contributed by atoms with Gasteiger partial charge < -0.3 is 4.74 Å². The van der Waals surface area contributed by atoms with Crippen molar-refractivity contribution in [3.8, 4) is 6.07 Å². The van der Waals surface area contributed by atoms with E-state index in [-0.39, 0.29) is 17.7 Å². The maximum atomic E-state index is 11.7. The minimum atomic E-state index is -0.495. The maximum absolute atomic E-state index is 11.7. The van der Waals surface area contributed by atoms with Crippen LogP contribution in [0, 0.1) is 11.3 Å². The summed E-state index contributed by atoms with van der Waals surface area (Å²) in [5, 5.41) is 9.82. The summed E-state index contributed by atoms with van der Waals surface area (Å²) in [5.41, 5.74) is 1.17. The molecule has 0 radical (unpaired) electrons. The highest BCUT2D eigenvalue weighted by Gasteiger charge is 2.18. The number of carbonyl (C=O) groups is 1. The molecule has 0 fully saturated rings. The Labute approximate surface area is 107 Å². The SMILES string of the molecule is CCOC(=O)c1c(C#N)cc(Cl)cc1CBr. The van der Waals surface area contributed by atoms with E-state index in [4.69, 9.17) is 21.6 Å². The molecule has 3 nitrogen and oxygen atoms in total. The maximum Gasteiger partial charge on any atom is 0.339 e. The molecule has 1 aromatic carbocycles. The predicted molar refractivity (Wildman–Crippen MR) is 64.8 cm³/mol. The monoisotopic (exact) mass is 301 g/mol. The molecule has 0 bridgehead atoms. The molecule has 0 unspecified atom stereocenters. The van der Waals surface area contributed by atoms with Crippen molar-refractivity contribution < 1.29 is 9.53 Å². The molecule has 0 aliphatic carbocycles. The van der Waals surface area contributed by atoms with Crippen LogP contribution in [0.1, 0.15) is 28.4 Å². The molecular formula is C11H9BrClNO2. The topological polar surface area (TPSA) is 50.1 Å². The molecule has 0 amide bonds. The van der Waals surface area contributed by atoms with Crippen molar-refractivity contribution in [1.29, 1.82) is 5.26 Å². The van der Waals surface area contributed by atoms with E-state index >= 15 is 0 Å². The highest BCUT2D eigenvalue weighted by Crippen LogP contribution is 2.23. The van der Waals surface area contributed by atoms with Crippen LogP contribution in [-0.2, 0) is 10.1 Å². The van der Waals surface area contributed by atoms with Gasteiger partial charge in [-0.3, -0.25) is 0 Å². The van der Waals surface area contributed by atoms with Gasteiger partial charge in [-0.15, -0.1) is 0 Å². The average molecular weight is 303 g/mol. The number of nitriles is 1. The van der Waals surface area contributed by atoms with Gasteiger partial charge >= 0.3 is 5.97 Å². The summed E-state index contributed by atoms with van der Waals surface area (Å²) in [6, 6.07) is 5.04. The Morgan fingerprint density at radius 1 is 1.62 bits per heavy atom. The van der Waals surface area contributed by atoms with Crippen molar-refractivity contribution >= 4 is 33.5 Å². The quantitative estimate of drug-likeness (QED) is 0.636. The zero-order chi connectivity index (χ0) is 12.1. The van der Waals surface area contributed by atoms with Gasteiger partial charge in [-0.2, -0.15) is 5.26 Å². The Kier molecular flexibility index (Phi) is 4.78. The average Bonchev–Trinajstić information content (AvgIpc) is 2.27. The third kappa shape index (κ3) is 2.75. The summed E-state index contributed by atoms with van der Waals surface area (Å²) in [7, 11) is 0. The Balaban J connectivity index is 3.34. The first-order valence-corrected chi connectivity index (χ1v) is 6.09. The zero-order valence-electron chi connectivity index (χ0n) is 8.59. The highest BCUT2D eigenvalue weighted by atomic mass is 79.9. The van der Waals surface area contributed by atoms with Crippen LogP contribution in [0.2, 0.25) is 5.02 Å². The van der Waals surface area contributed by atoms with Crippen LogP contribution in [0.5, 0.6) is 0 Å². The van der Waals surface area contributed by atoms with Gasteiger partial charge in [-0.1, -0.05) is 27.5 Å². The number of rotatable bonds is 3. The lowest BCUT2D eigenvalue weighted by Gasteiger charge is -2.09. The number of esters is 1. The number of nitrogens with zero attached hydrogens (tertiary/aromatic N) is 1. The zero-order valence-corrected chi connectivity index (χ0v) is 10.9.